The lowest BCUT2D eigenvalue weighted by Gasteiger charge is -2.39. The molecule has 0 heterocycles. The SMILES string of the molecule is COc1ccc(C(O)(c2ccccc2)C(Nc2ccccc2)c2ccc(C)cc2)cc1. The maximum atomic E-state index is 12.5. The fourth-order valence-corrected chi connectivity index (χ4v) is 3.93. The summed E-state index contributed by atoms with van der Waals surface area (Å²) in [5.74, 6) is 0.752. The lowest BCUT2D eigenvalue weighted by atomic mass is 9.77. The van der Waals surface area contributed by atoms with Crippen LogP contribution in [0.2, 0.25) is 0 Å². The molecular weight excluding hydrogens is 382 g/mol. The summed E-state index contributed by atoms with van der Waals surface area (Å²) in [5.41, 5.74) is 3.39. The highest BCUT2D eigenvalue weighted by Crippen LogP contribution is 2.43. The summed E-state index contributed by atoms with van der Waals surface area (Å²) in [5, 5.41) is 16.1. The Kier molecular flexibility index (Phi) is 6.06. The minimum absolute atomic E-state index is 0.425. The van der Waals surface area contributed by atoms with E-state index in [-0.39, 0.29) is 0 Å². The van der Waals surface area contributed by atoms with Crippen LogP contribution >= 0.6 is 0 Å². The predicted molar refractivity (Wildman–Crippen MR) is 126 cm³/mol. The minimum Gasteiger partial charge on any atom is -0.497 e. The molecule has 3 heteroatoms. The van der Waals surface area contributed by atoms with E-state index in [0.29, 0.717) is 0 Å². The summed E-state index contributed by atoms with van der Waals surface area (Å²) in [6.45, 7) is 2.07. The maximum Gasteiger partial charge on any atom is 0.139 e. The topological polar surface area (TPSA) is 41.5 Å². The van der Waals surface area contributed by atoms with Gasteiger partial charge in [0.15, 0.2) is 0 Å². The van der Waals surface area contributed by atoms with Crippen molar-refractivity contribution in [2.24, 2.45) is 0 Å². The Morgan fingerprint density at radius 3 is 1.84 bits per heavy atom. The zero-order valence-corrected chi connectivity index (χ0v) is 17.8. The van der Waals surface area contributed by atoms with E-state index in [1.54, 1.807) is 7.11 Å². The predicted octanol–water partition coefficient (Wildman–Crippen LogP) is 6.09. The molecule has 0 amide bonds. The van der Waals surface area contributed by atoms with Gasteiger partial charge in [0.25, 0.3) is 0 Å². The largest absolute Gasteiger partial charge is 0.497 e. The number of methoxy groups -OCH3 is 1. The fraction of sp³-hybridized carbons (Fsp3) is 0.143. The normalized spacial score (nSPS) is 13.8. The Labute approximate surface area is 184 Å². The Morgan fingerprint density at radius 2 is 1.26 bits per heavy atom. The average Bonchev–Trinajstić information content (AvgIpc) is 2.84. The van der Waals surface area contributed by atoms with Gasteiger partial charge in [0.05, 0.1) is 13.2 Å². The first-order chi connectivity index (χ1) is 15.1. The van der Waals surface area contributed by atoms with Gasteiger partial charge < -0.3 is 15.2 Å². The lowest BCUT2D eigenvalue weighted by molar-refractivity contribution is 0.0585. The summed E-state index contributed by atoms with van der Waals surface area (Å²) in [4.78, 5) is 0. The number of aryl methyl sites for hydroxylation is 1. The van der Waals surface area contributed by atoms with E-state index in [0.717, 1.165) is 28.1 Å². The number of para-hydroxylation sites is 1. The van der Waals surface area contributed by atoms with Gasteiger partial charge in [-0.05, 0) is 47.9 Å². The molecule has 2 N–H and O–H groups in total. The molecule has 2 atom stereocenters. The third-order valence-electron chi connectivity index (χ3n) is 5.66. The standard InChI is InChI=1S/C28H27NO2/c1-21-13-15-22(16-14-21)27(29-25-11-7-4-8-12-25)28(30,23-9-5-3-6-10-23)24-17-19-26(31-2)20-18-24/h3-20,27,29-30H,1-2H3. The molecule has 31 heavy (non-hydrogen) atoms. The average molecular weight is 410 g/mol. The summed E-state index contributed by atoms with van der Waals surface area (Å²) in [6.07, 6.45) is 0. The molecule has 4 aromatic rings. The van der Waals surface area contributed by atoms with E-state index in [1.807, 2.05) is 84.9 Å². The van der Waals surface area contributed by atoms with E-state index in [1.165, 1.54) is 5.56 Å². The molecule has 3 nitrogen and oxygen atoms in total. The molecule has 0 radical (unpaired) electrons. The second-order valence-electron chi connectivity index (χ2n) is 7.71. The van der Waals surface area contributed by atoms with E-state index in [9.17, 15) is 5.11 Å². The summed E-state index contributed by atoms with van der Waals surface area (Å²) < 4.78 is 5.34. The number of nitrogens with one attached hydrogen (secondary N) is 1. The third-order valence-corrected chi connectivity index (χ3v) is 5.66. The Hall–Kier alpha value is -3.56. The van der Waals surface area contributed by atoms with Gasteiger partial charge in [-0.1, -0.05) is 90.5 Å². The number of hydrogen-bond acceptors (Lipinski definition) is 3. The van der Waals surface area contributed by atoms with Crippen LogP contribution in [-0.4, -0.2) is 12.2 Å². The highest BCUT2D eigenvalue weighted by molar-refractivity contribution is 5.51. The number of rotatable bonds is 7. The van der Waals surface area contributed by atoms with E-state index in [4.69, 9.17) is 4.74 Å². The molecule has 0 saturated carbocycles. The van der Waals surface area contributed by atoms with Gasteiger partial charge in [-0.3, -0.25) is 0 Å². The summed E-state index contributed by atoms with van der Waals surface area (Å²) in [6, 6.07) is 35.3. The molecule has 0 bridgehead atoms. The molecule has 0 saturated heterocycles. The van der Waals surface area contributed by atoms with Crippen LogP contribution in [0.3, 0.4) is 0 Å². The minimum atomic E-state index is -1.32. The van der Waals surface area contributed by atoms with Crippen molar-refractivity contribution < 1.29 is 9.84 Å². The summed E-state index contributed by atoms with van der Waals surface area (Å²) in [7, 11) is 1.64. The second-order valence-corrected chi connectivity index (χ2v) is 7.71. The monoisotopic (exact) mass is 409 g/mol. The smallest absolute Gasteiger partial charge is 0.139 e. The number of anilines is 1. The molecule has 0 spiro atoms. The van der Waals surface area contributed by atoms with Crippen LogP contribution in [0.1, 0.15) is 28.3 Å². The van der Waals surface area contributed by atoms with Crippen molar-refractivity contribution in [1.82, 2.24) is 0 Å². The third kappa shape index (κ3) is 4.32. The molecule has 0 aromatic heterocycles. The molecule has 0 fully saturated rings. The number of benzene rings is 4. The van der Waals surface area contributed by atoms with E-state index in [2.05, 4.69) is 36.5 Å². The van der Waals surface area contributed by atoms with Gasteiger partial charge in [-0.25, -0.2) is 0 Å². The highest BCUT2D eigenvalue weighted by atomic mass is 16.5. The maximum absolute atomic E-state index is 12.5. The Balaban J connectivity index is 1.91. The first-order valence-electron chi connectivity index (χ1n) is 10.4. The van der Waals surface area contributed by atoms with Crippen LogP contribution in [0.15, 0.2) is 109 Å². The Bertz CT molecular complexity index is 1090. The van der Waals surface area contributed by atoms with Crippen LogP contribution in [0.4, 0.5) is 5.69 Å². The Morgan fingerprint density at radius 1 is 0.710 bits per heavy atom. The van der Waals surface area contributed by atoms with E-state index >= 15 is 0 Å². The zero-order chi connectivity index (χ0) is 21.7. The zero-order valence-electron chi connectivity index (χ0n) is 17.8. The van der Waals surface area contributed by atoms with Crippen LogP contribution in [0, 0.1) is 6.92 Å². The molecule has 2 unspecified atom stereocenters. The van der Waals surface area contributed by atoms with Crippen molar-refractivity contribution in [3.05, 3.63) is 131 Å². The first-order valence-corrected chi connectivity index (χ1v) is 10.4. The molecular formula is C28H27NO2. The molecule has 156 valence electrons. The van der Waals surface area contributed by atoms with Gasteiger partial charge in [-0.15, -0.1) is 0 Å². The second kappa shape index (κ2) is 9.07. The van der Waals surface area contributed by atoms with Gasteiger partial charge in [0.2, 0.25) is 0 Å². The van der Waals surface area contributed by atoms with Crippen molar-refractivity contribution >= 4 is 5.69 Å². The van der Waals surface area contributed by atoms with Gasteiger partial charge in [0, 0.05) is 5.69 Å². The van der Waals surface area contributed by atoms with Crippen LogP contribution in [0.25, 0.3) is 0 Å². The van der Waals surface area contributed by atoms with Gasteiger partial charge in [0.1, 0.15) is 11.4 Å². The van der Waals surface area contributed by atoms with Crippen molar-refractivity contribution in [3.8, 4) is 5.75 Å². The number of hydrogen-bond donors (Lipinski definition) is 2. The quantitative estimate of drug-likeness (QED) is 0.388. The van der Waals surface area contributed by atoms with Crippen LogP contribution < -0.4 is 10.1 Å². The van der Waals surface area contributed by atoms with Crippen LogP contribution in [-0.2, 0) is 5.60 Å². The fourth-order valence-electron chi connectivity index (χ4n) is 3.93. The molecule has 0 aliphatic heterocycles. The molecule has 0 aliphatic carbocycles. The van der Waals surface area contributed by atoms with E-state index < -0.39 is 11.6 Å². The highest BCUT2D eigenvalue weighted by Gasteiger charge is 2.41. The van der Waals surface area contributed by atoms with Gasteiger partial charge >= 0.3 is 0 Å². The molecule has 4 rings (SSSR count). The number of ether oxygens (including phenoxy) is 1. The molecule has 0 aliphatic rings. The van der Waals surface area contributed by atoms with Crippen molar-refractivity contribution in [3.63, 3.8) is 0 Å². The first kappa shape index (κ1) is 20.7. The molecule has 4 aromatic carbocycles. The van der Waals surface area contributed by atoms with Crippen molar-refractivity contribution in [1.29, 1.82) is 0 Å². The number of aliphatic hydroxyl groups is 1. The van der Waals surface area contributed by atoms with Crippen molar-refractivity contribution in [2.45, 2.75) is 18.6 Å². The lowest BCUT2D eigenvalue weighted by Crippen LogP contribution is -2.39. The van der Waals surface area contributed by atoms with Crippen LogP contribution in [0.5, 0.6) is 5.75 Å². The van der Waals surface area contributed by atoms with Crippen molar-refractivity contribution in [2.75, 3.05) is 12.4 Å². The summed E-state index contributed by atoms with van der Waals surface area (Å²) >= 11 is 0. The van der Waals surface area contributed by atoms with Gasteiger partial charge in [-0.2, -0.15) is 0 Å².